The molecule has 1 aromatic carbocycles. The van der Waals surface area contributed by atoms with Crippen LogP contribution in [0.15, 0.2) is 18.2 Å². The molecule has 0 bridgehead atoms. The van der Waals surface area contributed by atoms with Gasteiger partial charge < -0.3 is 11.1 Å². The number of halogens is 2. The highest BCUT2D eigenvalue weighted by Gasteiger charge is 2.23. The molecule has 0 aliphatic heterocycles. The first-order valence-electron chi connectivity index (χ1n) is 5.70. The standard InChI is InChI=1S/C13H18ClFN2O/c1-13(2,3)11(16)7-12(18)17-10-6-8(15)4-5-9(10)14/h4-6,11H,7,16H2,1-3H3,(H,17,18). The summed E-state index contributed by atoms with van der Waals surface area (Å²) < 4.78 is 13.0. The van der Waals surface area contributed by atoms with Gasteiger partial charge in [0.1, 0.15) is 5.82 Å². The van der Waals surface area contributed by atoms with Crippen molar-refractivity contribution in [2.45, 2.75) is 33.2 Å². The van der Waals surface area contributed by atoms with E-state index in [2.05, 4.69) is 5.32 Å². The molecule has 0 aliphatic rings. The summed E-state index contributed by atoms with van der Waals surface area (Å²) in [5, 5.41) is 2.86. The van der Waals surface area contributed by atoms with E-state index in [9.17, 15) is 9.18 Å². The van der Waals surface area contributed by atoms with Crippen LogP contribution < -0.4 is 11.1 Å². The number of amides is 1. The van der Waals surface area contributed by atoms with Gasteiger partial charge in [-0.25, -0.2) is 4.39 Å². The third-order valence-electron chi connectivity index (χ3n) is 2.72. The fraction of sp³-hybridized carbons (Fsp3) is 0.462. The summed E-state index contributed by atoms with van der Waals surface area (Å²) in [6.45, 7) is 5.88. The Morgan fingerprint density at radius 3 is 2.67 bits per heavy atom. The zero-order valence-corrected chi connectivity index (χ0v) is 11.5. The molecule has 1 amide bonds. The van der Waals surface area contributed by atoms with Crippen molar-refractivity contribution < 1.29 is 9.18 Å². The molecular formula is C13H18ClFN2O. The number of benzene rings is 1. The second-order valence-electron chi connectivity index (χ2n) is 5.35. The second-order valence-corrected chi connectivity index (χ2v) is 5.76. The molecule has 1 atom stereocenters. The number of rotatable bonds is 3. The summed E-state index contributed by atoms with van der Waals surface area (Å²) in [4.78, 5) is 11.8. The van der Waals surface area contributed by atoms with Gasteiger partial charge in [-0.3, -0.25) is 4.79 Å². The lowest BCUT2D eigenvalue weighted by atomic mass is 9.85. The van der Waals surface area contributed by atoms with Gasteiger partial charge in [-0.1, -0.05) is 32.4 Å². The van der Waals surface area contributed by atoms with E-state index in [4.69, 9.17) is 17.3 Å². The lowest BCUT2D eigenvalue weighted by Crippen LogP contribution is -2.38. The molecule has 3 N–H and O–H groups in total. The molecule has 3 nitrogen and oxygen atoms in total. The minimum atomic E-state index is -0.449. The average Bonchev–Trinajstić information content (AvgIpc) is 2.22. The monoisotopic (exact) mass is 272 g/mol. The van der Waals surface area contributed by atoms with E-state index in [-0.39, 0.29) is 29.5 Å². The van der Waals surface area contributed by atoms with Gasteiger partial charge in [0.15, 0.2) is 0 Å². The first-order valence-corrected chi connectivity index (χ1v) is 6.08. The number of hydrogen-bond donors (Lipinski definition) is 2. The lowest BCUT2D eigenvalue weighted by molar-refractivity contribution is -0.117. The number of anilines is 1. The van der Waals surface area contributed by atoms with Crippen molar-refractivity contribution in [2.24, 2.45) is 11.1 Å². The molecule has 0 aromatic heterocycles. The Morgan fingerprint density at radius 2 is 2.11 bits per heavy atom. The number of carbonyl (C=O) groups excluding carboxylic acids is 1. The maximum atomic E-state index is 13.0. The van der Waals surface area contributed by atoms with E-state index in [1.807, 2.05) is 20.8 Å². The molecule has 0 saturated heterocycles. The molecule has 1 aromatic rings. The van der Waals surface area contributed by atoms with E-state index in [1.54, 1.807) is 0 Å². The molecule has 0 aliphatic carbocycles. The quantitative estimate of drug-likeness (QED) is 0.888. The minimum absolute atomic E-state index is 0.163. The highest BCUT2D eigenvalue weighted by atomic mass is 35.5. The Kier molecular flexibility index (Phi) is 4.71. The summed E-state index contributed by atoms with van der Waals surface area (Å²) in [6.07, 6.45) is 0.163. The molecule has 5 heteroatoms. The summed E-state index contributed by atoms with van der Waals surface area (Å²) in [7, 11) is 0. The summed E-state index contributed by atoms with van der Waals surface area (Å²) in [5.74, 6) is -0.722. The van der Waals surface area contributed by atoms with Crippen molar-refractivity contribution in [2.75, 3.05) is 5.32 Å². The normalized spacial score (nSPS) is 13.2. The first kappa shape index (κ1) is 14.9. The van der Waals surface area contributed by atoms with Gasteiger partial charge in [-0.2, -0.15) is 0 Å². The Hall–Kier alpha value is -1.13. The molecule has 1 rings (SSSR count). The van der Waals surface area contributed by atoms with E-state index in [0.29, 0.717) is 5.02 Å². The van der Waals surface area contributed by atoms with E-state index < -0.39 is 5.82 Å². The van der Waals surface area contributed by atoms with Gasteiger partial charge in [0.25, 0.3) is 0 Å². The van der Waals surface area contributed by atoms with Crippen LogP contribution in [0.2, 0.25) is 5.02 Å². The van der Waals surface area contributed by atoms with Crippen molar-refractivity contribution in [1.29, 1.82) is 0 Å². The maximum absolute atomic E-state index is 13.0. The maximum Gasteiger partial charge on any atom is 0.225 e. The van der Waals surface area contributed by atoms with Crippen LogP contribution in [0.1, 0.15) is 27.2 Å². The van der Waals surface area contributed by atoms with Crippen molar-refractivity contribution in [3.05, 3.63) is 29.0 Å². The molecular weight excluding hydrogens is 255 g/mol. The smallest absolute Gasteiger partial charge is 0.225 e. The van der Waals surface area contributed by atoms with Crippen LogP contribution in [-0.4, -0.2) is 11.9 Å². The van der Waals surface area contributed by atoms with Crippen LogP contribution in [0.4, 0.5) is 10.1 Å². The van der Waals surface area contributed by atoms with Crippen LogP contribution in [0.25, 0.3) is 0 Å². The zero-order valence-electron chi connectivity index (χ0n) is 10.8. The second kappa shape index (κ2) is 5.67. The number of carbonyl (C=O) groups is 1. The van der Waals surface area contributed by atoms with Crippen molar-refractivity contribution in [3.8, 4) is 0 Å². The van der Waals surface area contributed by atoms with Gasteiger partial charge in [-0.05, 0) is 23.6 Å². The Labute approximate surface area is 112 Å². The molecule has 0 saturated carbocycles. The van der Waals surface area contributed by atoms with Crippen molar-refractivity contribution in [3.63, 3.8) is 0 Å². The van der Waals surface area contributed by atoms with Crippen LogP contribution in [0.5, 0.6) is 0 Å². The van der Waals surface area contributed by atoms with Gasteiger partial charge in [0.05, 0.1) is 10.7 Å². The summed E-state index contributed by atoms with van der Waals surface area (Å²) in [6, 6.07) is 3.54. The summed E-state index contributed by atoms with van der Waals surface area (Å²) in [5.41, 5.74) is 6.01. The molecule has 0 heterocycles. The first-order chi connectivity index (χ1) is 8.20. The van der Waals surface area contributed by atoms with Gasteiger partial charge in [0, 0.05) is 12.5 Å². The fourth-order valence-electron chi connectivity index (χ4n) is 1.30. The van der Waals surface area contributed by atoms with Gasteiger partial charge >= 0.3 is 0 Å². The topological polar surface area (TPSA) is 55.1 Å². The predicted molar refractivity (Wildman–Crippen MR) is 72.1 cm³/mol. The lowest BCUT2D eigenvalue weighted by Gasteiger charge is -2.26. The zero-order chi connectivity index (χ0) is 13.9. The number of nitrogens with two attached hydrogens (primary N) is 1. The van der Waals surface area contributed by atoms with E-state index in [1.165, 1.54) is 18.2 Å². The fourth-order valence-corrected chi connectivity index (χ4v) is 1.47. The molecule has 1 unspecified atom stereocenters. The number of nitrogens with one attached hydrogen (secondary N) is 1. The van der Waals surface area contributed by atoms with E-state index in [0.717, 1.165) is 0 Å². The largest absolute Gasteiger partial charge is 0.327 e. The van der Waals surface area contributed by atoms with E-state index >= 15 is 0 Å². The predicted octanol–water partition coefficient (Wildman–Crippen LogP) is 3.18. The van der Waals surface area contributed by atoms with Crippen LogP contribution in [0, 0.1) is 11.2 Å². The Bertz CT molecular complexity index is 443. The molecule has 18 heavy (non-hydrogen) atoms. The van der Waals surface area contributed by atoms with Crippen molar-refractivity contribution >= 4 is 23.2 Å². The minimum Gasteiger partial charge on any atom is -0.327 e. The summed E-state index contributed by atoms with van der Waals surface area (Å²) >= 11 is 5.85. The van der Waals surface area contributed by atoms with Crippen LogP contribution in [-0.2, 0) is 4.79 Å². The van der Waals surface area contributed by atoms with Crippen LogP contribution in [0.3, 0.4) is 0 Å². The third-order valence-corrected chi connectivity index (χ3v) is 3.05. The van der Waals surface area contributed by atoms with Crippen LogP contribution >= 0.6 is 11.6 Å². The highest BCUT2D eigenvalue weighted by molar-refractivity contribution is 6.33. The SMILES string of the molecule is CC(C)(C)C(N)CC(=O)Nc1cc(F)ccc1Cl. The van der Waals surface area contributed by atoms with Gasteiger partial charge in [0.2, 0.25) is 5.91 Å². The molecule has 100 valence electrons. The Morgan fingerprint density at radius 1 is 1.50 bits per heavy atom. The molecule has 0 radical (unpaired) electrons. The molecule has 0 fully saturated rings. The average molecular weight is 273 g/mol. The Balaban J connectivity index is 2.68. The van der Waals surface area contributed by atoms with Gasteiger partial charge in [-0.15, -0.1) is 0 Å². The van der Waals surface area contributed by atoms with Crippen molar-refractivity contribution in [1.82, 2.24) is 0 Å². The molecule has 0 spiro atoms. The highest BCUT2D eigenvalue weighted by Crippen LogP contribution is 2.24. The third kappa shape index (κ3) is 4.27. The number of hydrogen-bond acceptors (Lipinski definition) is 2.